The van der Waals surface area contributed by atoms with Crippen LogP contribution in [0.2, 0.25) is 0 Å². The number of nitriles is 1. The molecule has 128 valence electrons. The van der Waals surface area contributed by atoms with Crippen LogP contribution >= 0.6 is 11.8 Å². The van der Waals surface area contributed by atoms with Crippen LogP contribution in [0.5, 0.6) is 0 Å². The van der Waals surface area contributed by atoms with Crippen molar-refractivity contribution in [2.75, 3.05) is 11.9 Å². The van der Waals surface area contributed by atoms with Crippen molar-refractivity contribution in [3.05, 3.63) is 29.8 Å². The number of nitrogens with zero attached hydrogens (tertiary/aromatic N) is 2. The molecule has 1 fully saturated rings. The van der Waals surface area contributed by atoms with E-state index in [2.05, 4.69) is 49.4 Å². The SMILES string of the molecule is CC1(C)SC(C)(C)C1NC(=NCC(=O)O)Nc1ccc(C#N)cc1. The maximum absolute atomic E-state index is 10.9. The van der Waals surface area contributed by atoms with Crippen LogP contribution in [0, 0.1) is 11.3 Å². The number of benzene rings is 1. The van der Waals surface area contributed by atoms with Crippen molar-refractivity contribution < 1.29 is 9.90 Å². The average Bonchev–Trinajstić information content (AvgIpc) is 2.49. The lowest BCUT2D eigenvalue weighted by Crippen LogP contribution is -2.67. The van der Waals surface area contributed by atoms with Gasteiger partial charge in [-0.2, -0.15) is 5.26 Å². The van der Waals surface area contributed by atoms with Gasteiger partial charge in [0.1, 0.15) is 6.54 Å². The van der Waals surface area contributed by atoms with Crippen molar-refractivity contribution in [2.45, 2.75) is 43.2 Å². The highest BCUT2D eigenvalue weighted by Gasteiger charge is 2.54. The molecule has 0 unspecified atom stereocenters. The number of carboxylic acids is 1. The molecule has 24 heavy (non-hydrogen) atoms. The third kappa shape index (κ3) is 4.20. The van der Waals surface area contributed by atoms with E-state index < -0.39 is 5.97 Å². The Morgan fingerprint density at radius 3 is 2.33 bits per heavy atom. The summed E-state index contributed by atoms with van der Waals surface area (Å²) in [5.74, 6) is -0.564. The first kappa shape index (κ1) is 18.1. The van der Waals surface area contributed by atoms with Crippen LogP contribution < -0.4 is 10.6 Å². The van der Waals surface area contributed by atoms with Crippen molar-refractivity contribution >= 4 is 29.4 Å². The molecule has 1 aromatic carbocycles. The lowest BCUT2D eigenvalue weighted by atomic mass is 9.89. The quantitative estimate of drug-likeness (QED) is 0.573. The number of carboxylic acid groups (broad SMARTS) is 1. The summed E-state index contributed by atoms with van der Waals surface area (Å²) in [6.45, 7) is 8.29. The fourth-order valence-electron chi connectivity index (χ4n) is 3.09. The van der Waals surface area contributed by atoms with Crippen molar-refractivity contribution in [1.29, 1.82) is 5.26 Å². The molecular formula is C17H22N4O2S. The fraction of sp³-hybridized carbons (Fsp3) is 0.471. The molecular weight excluding hydrogens is 324 g/mol. The minimum Gasteiger partial charge on any atom is -0.480 e. The standard InChI is InChI=1S/C17H22N4O2S/c1-16(2)14(17(3,4)24-16)21-15(19-10-13(22)23)20-12-7-5-11(9-18)6-8-12/h5-8,14H,10H2,1-4H3,(H,22,23)(H2,19,20,21). The number of anilines is 1. The topological polar surface area (TPSA) is 97.5 Å². The zero-order chi connectivity index (χ0) is 18.0. The van der Waals surface area contributed by atoms with Crippen LogP contribution in [-0.2, 0) is 4.79 Å². The van der Waals surface area contributed by atoms with E-state index in [1.165, 1.54) is 0 Å². The molecule has 0 bridgehead atoms. The molecule has 1 aliphatic rings. The van der Waals surface area contributed by atoms with Crippen molar-refractivity contribution in [3.63, 3.8) is 0 Å². The summed E-state index contributed by atoms with van der Waals surface area (Å²) in [7, 11) is 0. The van der Waals surface area contributed by atoms with Crippen LogP contribution in [0.3, 0.4) is 0 Å². The van der Waals surface area contributed by atoms with Gasteiger partial charge in [0.25, 0.3) is 0 Å². The van der Waals surface area contributed by atoms with Crippen LogP contribution in [0.25, 0.3) is 0 Å². The number of carbonyl (C=O) groups is 1. The van der Waals surface area contributed by atoms with E-state index in [-0.39, 0.29) is 22.1 Å². The first-order valence-electron chi connectivity index (χ1n) is 7.64. The summed E-state index contributed by atoms with van der Waals surface area (Å²) in [5, 5.41) is 24.2. The van der Waals surface area contributed by atoms with Gasteiger partial charge >= 0.3 is 5.97 Å². The zero-order valence-corrected chi connectivity index (χ0v) is 15.1. The lowest BCUT2D eigenvalue weighted by Gasteiger charge is -2.57. The molecule has 3 N–H and O–H groups in total. The largest absolute Gasteiger partial charge is 0.480 e. The molecule has 0 aliphatic carbocycles. The normalized spacial score (nSPS) is 19.0. The summed E-state index contributed by atoms with van der Waals surface area (Å²) >= 11 is 1.88. The molecule has 7 heteroatoms. The maximum atomic E-state index is 10.9. The Hall–Kier alpha value is -2.20. The Labute approximate surface area is 146 Å². The summed E-state index contributed by atoms with van der Waals surface area (Å²) in [4.78, 5) is 15.0. The number of aliphatic imine (C=N–C) groups is 1. The number of nitrogens with one attached hydrogen (secondary N) is 2. The molecule has 0 saturated carbocycles. The van der Waals surface area contributed by atoms with Gasteiger partial charge in [0.2, 0.25) is 0 Å². The molecule has 0 aromatic heterocycles. The molecule has 0 radical (unpaired) electrons. The molecule has 2 rings (SSSR count). The number of rotatable bonds is 4. The number of aliphatic carboxylic acids is 1. The molecule has 0 atom stereocenters. The van der Waals surface area contributed by atoms with E-state index in [1.54, 1.807) is 24.3 Å². The maximum Gasteiger partial charge on any atom is 0.325 e. The molecule has 1 aromatic rings. The van der Waals surface area contributed by atoms with Crippen LogP contribution in [-0.4, -0.2) is 39.1 Å². The minimum absolute atomic E-state index is 0.0276. The summed E-state index contributed by atoms with van der Waals surface area (Å²) in [5.41, 5.74) is 1.31. The number of thioether (sulfide) groups is 1. The molecule has 6 nitrogen and oxygen atoms in total. The second-order valence-electron chi connectivity index (χ2n) is 6.76. The Kier molecular flexibility index (Phi) is 5.09. The third-order valence-corrected chi connectivity index (χ3v) is 5.37. The number of guanidine groups is 1. The highest BCUT2D eigenvalue weighted by Crippen LogP contribution is 2.54. The van der Waals surface area contributed by atoms with Gasteiger partial charge in [0.15, 0.2) is 5.96 Å². The Bertz CT molecular complexity index is 676. The monoisotopic (exact) mass is 346 g/mol. The summed E-state index contributed by atoms with van der Waals surface area (Å²) in [6, 6.07) is 9.14. The average molecular weight is 346 g/mol. The second-order valence-corrected chi connectivity index (χ2v) is 9.07. The van der Waals surface area contributed by atoms with E-state index >= 15 is 0 Å². The predicted octanol–water partition coefficient (Wildman–Crippen LogP) is 2.67. The van der Waals surface area contributed by atoms with Crippen molar-refractivity contribution in [3.8, 4) is 6.07 Å². The highest BCUT2D eigenvalue weighted by atomic mass is 32.2. The number of hydrogen-bond acceptors (Lipinski definition) is 4. The fourth-order valence-corrected chi connectivity index (χ4v) is 5.20. The predicted molar refractivity (Wildman–Crippen MR) is 97.4 cm³/mol. The number of hydrogen-bond donors (Lipinski definition) is 3. The highest BCUT2D eigenvalue weighted by molar-refractivity contribution is 8.03. The van der Waals surface area contributed by atoms with E-state index in [1.807, 2.05) is 11.8 Å². The Morgan fingerprint density at radius 1 is 1.29 bits per heavy atom. The van der Waals surface area contributed by atoms with Gasteiger partial charge in [0, 0.05) is 15.2 Å². The first-order chi connectivity index (χ1) is 11.1. The Balaban J connectivity index is 2.17. The van der Waals surface area contributed by atoms with Gasteiger partial charge in [-0.05, 0) is 52.0 Å². The van der Waals surface area contributed by atoms with Crippen LogP contribution in [0.1, 0.15) is 33.3 Å². The van der Waals surface area contributed by atoms with Gasteiger partial charge in [-0.15, -0.1) is 11.8 Å². The first-order valence-corrected chi connectivity index (χ1v) is 8.46. The van der Waals surface area contributed by atoms with Gasteiger partial charge in [0.05, 0.1) is 17.7 Å². The van der Waals surface area contributed by atoms with Gasteiger partial charge in [-0.25, -0.2) is 4.99 Å². The third-order valence-electron chi connectivity index (χ3n) is 3.85. The summed E-state index contributed by atoms with van der Waals surface area (Å²) < 4.78 is 0.0552. The Morgan fingerprint density at radius 2 is 1.88 bits per heavy atom. The van der Waals surface area contributed by atoms with Crippen LogP contribution in [0.4, 0.5) is 5.69 Å². The zero-order valence-electron chi connectivity index (χ0n) is 14.3. The molecule has 0 amide bonds. The smallest absolute Gasteiger partial charge is 0.325 e. The van der Waals surface area contributed by atoms with E-state index in [9.17, 15) is 4.79 Å². The summed E-state index contributed by atoms with van der Waals surface area (Å²) in [6.07, 6.45) is 0. The molecule has 1 heterocycles. The van der Waals surface area contributed by atoms with Crippen molar-refractivity contribution in [2.24, 2.45) is 4.99 Å². The van der Waals surface area contributed by atoms with Crippen molar-refractivity contribution in [1.82, 2.24) is 5.32 Å². The van der Waals surface area contributed by atoms with Gasteiger partial charge in [-0.1, -0.05) is 0 Å². The van der Waals surface area contributed by atoms with E-state index in [4.69, 9.17) is 10.4 Å². The molecule has 1 saturated heterocycles. The van der Waals surface area contributed by atoms with Crippen LogP contribution in [0.15, 0.2) is 29.3 Å². The van der Waals surface area contributed by atoms with E-state index in [0.717, 1.165) is 5.69 Å². The van der Waals surface area contributed by atoms with Gasteiger partial charge < -0.3 is 15.7 Å². The van der Waals surface area contributed by atoms with Gasteiger partial charge in [-0.3, -0.25) is 4.79 Å². The van der Waals surface area contributed by atoms with E-state index in [0.29, 0.717) is 11.5 Å². The second kappa shape index (κ2) is 6.73. The lowest BCUT2D eigenvalue weighted by molar-refractivity contribution is -0.135. The molecule has 1 aliphatic heterocycles. The molecule has 0 spiro atoms. The minimum atomic E-state index is -0.988.